The molecule has 3 rings (SSSR count). The number of benzene rings is 1. The molecule has 0 atom stereocenters. The molecule has 0 fully saturated rings. The number of nitrogens with zero attached hydrogens (tertiary/aromatic N) is 1. The Morgan fingerprint density at radius 2 is 2.26 bits per heavy atom. The van der Waals surface area contributed by atoms with Crippen molar-refractivity contribution >= 4 is 33.3 Å². The van der Waals surface area contributed by atoms with Gasteiger partial charge in [-0.3, -0.25) is 5.41 Å². The fourth-order valence-corrected chi connectivity index (χ4v) is 2.75. The summed E-state index contributed by atoms with van der Waals surface area (Å²) >= 11 is 1.43. The summed E-state index contributed by atoms with van der Waals surface area (Å²) in [5.74, 6) is -0.0994. The quantitative estimate of drug-likeness (QED) is 0.426. The molecule has 0 aliphatic rings. The zero-order valence-electron chi connectivity index (χ0n) is 10.3. The van der Waals surface area contributed by atoms with Gasteiger partial charge >= 0.3 is 0 Å². The standard InChI is InChI=1S/C13H13N5S/c1-7-4-9-5-8(2-3-10(9)16-7)11-6-19-13(17-11)18-12(14)15/h2-6,16H,1H3,(H4,14,15,17,18). The molecule has 0 unspecified atom stereocenters. The fourth-order valence-electron chi connectivity index (χ4n) is 2.02. The number of nitrogens with two attached hydrogens (primary N) is 1. The third-order valence-corrected chi connectivity index (χ3v) is 3.55. The van der Waals surface area contributed by atoms with Crippen LogP contribution in [0.4, 0.5) is 5.13 Å². The van der Waals surface area contributed by atoms with Gasteiger partial charge in [-0.15, -0.1) is 11.3 Å². The Hall–Kier alpha value is -2.34. The number of hydrogen-bond acceptors (Lipinski definition) is 3. The minimum absolute atomic E-state index is 0.0994. The monoisotopic (exact) mass is 271 g/mol. The van der Waals surface area contributed by atoms with E-state index in [1.54, 1.807) is 0 Å². The lowest BCUT2D eigenvalue weighted by Crippen LogP contribution is -2.20. The topological polar surface area (TPSA) is 90.6 Å². The maximum atomic E-state index is 7.19. The molecule has 0 saturated carbocycles. The summed E-state index contributed by atoms with van der Waals surface area (Å²) in [7, 11) is 0. The highest BCUT2D eigenvalue weighted by molar-refractivity contribution is 7.14. The van der Waals surface area contributed by atoms with Crippen molar-refractivity contribution in [3.63, 3.8) is 0 Å². The third-order valence-electron chi connectivity index (χ3n) is 2.80. The minimum Gasteiger partial charge on any atom is -0.370 e. The summed E-state index contributed by atoms with van der Waals surface area (Å²) in [5.41, 5.74) is 9.49. The van der Waals surface area contributed by atoms with Crippen LogP contribution >= 0.6 is 11.3 Å². The highest BCUT2D eigenvalue weighted by atomic mass is 32.1. The third kappa shape index (κ3) is 2.30. The van der Waals surface area contributed by atoms with Crippen LogP contribution in [0.1, 0.15) is 5.69 Å². The summed E-state index contributed by atoms with van der Waals surface area (Å²) < 4.78 is 0. The number of aromatic amines is 1. The Balaban J connectivity index is 1.98. The van der Waals surface area contributed by atoms with Gasteiger partial charge in [0.2, 0.25) is 0 Å². The predicted octanol–water partition coefficient (Wildman–Crippen LogP) is 2.91. The normalized spacial score (nSPS) is 10.8. The molecule has 19 heavy (non-hydrogen) atoms. The van der Waals surface area contributed by atoms with E-state index in [1.807, 2.05) is 18.4 Å². The van der Waals surface area contributed by atoms with Crippen molar-refractivity contribution in [3.05, 3.63) is 35.3 Å². The van der Waals surface area contributed by atoms with Crippen LogP contribution in [0.2, 0.25) is 0 Å². The fraction of sp³-hybridized carbons (Fsp3) is 0.0769. The number of nitrogens with one attached hydrogen (secondary N) is 3. The molecular formula is C13H13N5S. The summed E-state index contributed by atoms with van der Waals surface area (Å²) in [4.78, 5) is 7.70. The maximum Gasteiger partial charge on any atom is 0.192 e. The first kappa shape index (κ1) is 11.7. The van der Waals surface area contributed by atoms with Crippen LogP contribution in [0.15, 0.2) is 29.6 Å². The number of H-pyrrole nitrogens is 1. The van der Waals surface area contributed by atoms with E-state index in [4.69, 9.17) is 11.1 Å². The van der Waals surface area contributed by atoms with Crippen LogP contribution < -0.4 is 11.1 Å². The van der Waals surface area contributed by atoms with E-state index in [0.717, 1.165) is 22.5 Å². The molecular weight excluding hydrogens is 258 g/mol. The molecule has 0 aliphatic heterocycles. The van der Waals surface area contributed by atoms with Crippen molar-refractivity contribution < 1.29 is 0 Å². The number of fused-ring (bicyclic) bond motifs is 1. The molecule has 0 saturated heterocycles. The molecule has 5 nitrogen and oxygen atoms in total. The van der Waals surface area contributed by atoms with Gasteiger partial charge in [0.25, 0.3) is 0 Å². The van der Waals surface area contributed by atoms with Gasteiger partial charge in [0, 0.05) is 27.5 Å². The zero-order valence-corrected chi connectivity index (χ0v) is 11.1. The first-order valence-corrected chi connectivity index (χ1v) is 6.66. The Morgan fingerprint density at radius 3 is 3.05 bits per heavy atom. The van der Waals surface area contributed by atoms with Crippen LogP contribution in [0.25, 0.3) is 22.2 Å². The van der Waals surface area contributed by atoms with Gasteiger partial charge in [-0.25, -0.2) is 4.98 Å². The number of aromatic nitrogens is 2. The Kier molecular flexibility index (Phi) is 2.72. The molecule has 1 aromatic carbocycles. The Labute approximate surface area is 114 Å². The lowest BCUT2D eigenvalue weighted by molar-refractivity contribution is 1.30. The number of thiazole rings is 1. The zero-order chi connectivity index (χ0) is 13.4. The predicted molar refractivity (Wildman–Crippen MR) is 79.7 cm³/mol. The van der Waals surface area contributed by atoms with Gasteiger partial charge in [0.05, 0.1) is 5.69 Å². The van der Waals surface area contributed by atoms with Crippen LogP contribution in [-0.4, -0.2) is 15.9 Å². The lowest BCUT2D eigenvalue weighted by atomic mass is 10.1. The van der Waals surface area contributed by atoms with E-state index >= 15 is 0 Å². The molecule has 96 valence electrons. The van der Waals surface area contributed by atoms with E-state index in [1.165, 1.54) is 16.7 Å². The molecule has 0 radical (unpaired) electrons. The van der Waals surface area contributed by atoms with Crippen LogP contribution in [0, 0.1) is 12.3 Å². The molecule has 0 amide bonds. The van der Waals surface area contributed by atoms with Crippen molar-refractivity contribution in [2.45, 2.75) is 6.92 Å². The SMILES string of the molecule is Cc1cc2cc(-c3csc(NC(=N)N)n3)ccc2[nH]1. The van der Waals surface area contributed by atoms with E-state index < -0.39 is 0 Å². The van der Waals surface area contributed by atoms with Gasteiger partial charge in [0.1, 0.15) is 0 Å². The van der Waals surface area contributed by atoms with Gasteiger partial charge in [-0.1, -0.05) is 6.07 Å². The average Bonchev–Trinajstić information content (AvgIpc) is 2.92. The van der Waals surface area contributed by atoms with Crippen LogP contribution in [-0.2, 0) is 0 Å². The minimum atomic E-state index is -0.0994. The Bertz CT molecular complexity index is 755. The van der Waals surface area contributed by atoms with Crippen molar-refractivity contribution in [2.24, 2.45) is 5.73 Å². The summed E-state index contributed by atoms with van der Waals surface area (Å²) in [6.07, 6.45) is 0. The van der Waals surface area contributed by atoms with E-state index in [0.29, 0.717) is 5.13 Å². The number of anilines is 1. The van der Waals surface area contributed by atoms with E-state index in [-0.39, 0.29) is 5.96 Å². The lowest BCUT2D eigenvalue weighted by Gasteiger charge is -1.98. The van der Waals surface area contributed by atoms with Gasteiger partial charge < -0.3 is 16.0 Å². The van der Waals surface area contributed by atoms with Crippen LogP contribution in [0.5, 0.6) is 0 Å². The highest BCUT2D eigenvalue weighted by Crippen LogP contribution is 2.27. The highest BCUT2D eigenvalue weighted by Gasteiger charge is 2.06. The summed E-state index contributed by atoms with van der Waals surface area (Å²) in [5, 5.41) is 13.6. The second-order valence-electron chi connectivity index (χ2n) is 4.33. The van der Waals surface area contributed by atoms with Crippen molar-refractivity contribution in [3.8, 4) is 11.3 Å². The molecule has 3 aromatic rings. The molecule has 0 spiro atoms. The molecule has 2 heterocycles. The second kappa shape index (κ2) is 4.40. The molecule has 6 heteroatoms. The largest absolute Gasteiger partial charge is 0.370 e. The number of rotatable bonds is 2. The number of aryl methyl sites for hydroxylation is 1. The molecule has 0 aliphatic carbocycles. The molecule has 0 bridgehead atoms. The van der Waals surface area contributed by atoms with Crippen molar-refractivity contribution in [2.75, 3.05) is 5.32 Å². The maximum absolute atomic E-state index is 7.19. The van der Waals surface area contributed by atoms with Crippen molar-refractivity contribution in [1.29, 1.82) is 5.41 Å². The first-order chi connectivity index (χ1) is 9.11. The van der Waals surface area contributed by atoms with Crippen LogP contribution in [0.3, 0.4) is 0 Å². The van der Waals surface area contributed by atoms with E-state index in [2.05, 4.69) is 33.5 Å². The smallest absolute Gasteiger partial charge is 0.192 e. The van der Waals surface area contributed by atoms with Gasteiger partial charge in [-0.05, 0) is 25.1 Å². The average molecular weight is 271 g/mol. The van der Waals surface area contributed by atoms with Gasteiger partial charge in [0.15, 0.2) is 11.1 Å². The van der Waals surface area contributed by atoms with Crippen molar-refractivity contribution in [1.82, 2.24) is 9.97 Å². The number of guanidine groups is 1. The Morgan fingerprint density at radius 1 is 1.42 bits per heavy atom. The van der Waals surface area contributed by atoms with E-state index in [9.17, 15) is 0 Å². The first-order valence-electron chi connectivity index (χ1n) is 5.78. The number of hydrogen-bond donors (Lipinski definition) is 4. The molecule has 5 N–H and O–H groups in total. The second-order valence-corrected chi connectivity index (χ2v) is 5.19. The molecule has 2 aromatic heterocycles. The summed E-state index contributed by atoms with van der Waals surface area (Å²) in [6, 6.07) is 8.30. The van der Waals surface area contributed by atoms with Gasteiger partial charge in [-0.2, -0.15) is 0 Å². The summed E-state index contributed by atoms with van der Waals surface area (Å²) in [6.45, 7) is 2.04.